The number of benzene rings is 2. The summed E-state index contributed by atoms with van der Waals surface area (Å²) < 4.78 is 5.78. The van der Waals surface area contributed by atoms with Crippen molar-refractivity contribution in [3.05, 3.63) is 64.7 Å². The number of hydrogen-bond donors (Lipinski definition) is 1. The fraction of sp³-hybridized carbons (Fsp3) is 0.368. The molecular weight excluding hydrogens is 329 g/mol. The molecule has 0 aliphatic heterocycles. The number of rotatable bonds is 8. The average Bonchev–Trinajstić information content (AvgIpc) is 2.52. The van der Waals surface area contributed by atoms with E-state index >= 15 is 0 Å². The Kier molecular flexibility index (Phi) is 9.08. The molecule has 0 aromatic heterocycles. The van der Waals surface area contributed by atoms with E-state index in [1.807, 2.05) is 36.4 Å². The van der Waals surface area contributed by atoms with Gasteiger partial charge in [0.1, 0.15) is 12.4 Å². The van der Waals surface area contributed by atoms with Crippen molar-refractivity contribution in [3.63, 3.8) is 0 Å². The lowest BCUT2D eigenvalue weighted by Gasteiger charge is -2.09. The summed E-state index contributed by atoms with van der Waals surface area (Å²) in [6.07, 6.45) is 1.21. The lowest BCUT2D eigenvalue weighted by atomic mass is 10.1. The van der Waals surface area contributed by atoms with Crippen molar-refractivity contribution < 1.29 is 4.74 Å². The Bertz CT molecular complexity index is 553. The van der Waals surface area contributed by atoms with E-state index in [0.29, 0.717) is 6.61 Å². The highest BCUT2D eigenvalue weighted by Crippen LogP contribution is 2.15. The van der Waals surface area contributed by atoms with Crippen LogP contribution in [0.15, 0.2) is 48.5 Å². The van der Waals surface area contributed by atoms with Gasteiger partial charge < -0.3 is 10.1 Å². The van der Waals surface area contributed by atoms with Crippen molar-refractivity contribution >= 4 is 24.0 Å². The van der Waals surface area contributed by atoms with Gasteiger partial charge in [-0.2, -0.15) is 0 Å². The lowest BCUT2D eigenvalue weighted by molar-refractivity contribution is 0.306. The summed E-state index contributed by atoms with van der Waals surface area (Å²) in [5.74, 6) is 1.64. The third kappa shape index (κ3) is 7.74. The van der Waals surface area contributed by atoms with Gasteiger partial charge in [-0.1, -0.05) is 49.7 Å². The van der Waals surface area contributed by atoms with E-state index in [1.165, 1.54) is 12.0 Å². The minimum Gasteiger partial charge on any atom is -0.489 e. The first-order chi connectivity index (χ1) is 10.6. The molecule has 126 valence electrons. The van der Waals surface area contributed by atoms with Gasteiger partial charge in [-0.05, 0) is 54.3 Å². The van der Waals surface area contributed by atoms with Crippen LogP contribution in [0.25, 0.3) is 0 Å². The van der Waals surface area contributed by atoms with Crippen molar-refractivity contribution in [2.24, 2.45) is 5.92 Å². The first kappa shape index (κ1) is 19.8. The molecule has 0 saturated heterocycles. The first-order valence-electron chi connectivity index (χ1n) is 7.80. The van der Waals surface area contributed by atoms with Crippen molar-refractivity contribution in [1.82, 2.24) is 5.32 Å². The Balaban J connectivity index is 0.00000264. The Morgan fingerprint density at radius 2 is 1.57 bits per heavy atom. The largest absolute Gasteiger partial charge is 0.489 e. The number of nitrogens with one attached hydrogen (secondary N) is 1. The Morgan fingerprint density at radius 3 is 2.17 bits per heavy atom. The summed E-state index contributed by atoms with van der Waals surface area (Å²) in [4.78, 5) is 0. The molecule has 0 atom stereocenters. The SMILES string of the molecule is CC(C)CCNCc1ccc(OCc2ccc(Cl)cc2)cc1.Cl. The standard InChI is InChI=1S/C19H24ClNO.ClH/c1-15(2)11-12-21-13-16-5-9-19(10-6-16)22-14-17-3-7-18(20)8-4-17;/h3-10,15,21H,11-14H2,1-2H3;1H. The molecule has 2 aromatic rings. The smallest absolute Gasteiger partial charge is 0.119 e. The fourth-order valence-corrected chi connectivity index (χ4v) is 2.20. The van der Waals surface area contributed by atoms with Crippen LogP contribution < -0.4 is 10.1 Å². The van der Waals surface area contributed by atoms with Gasteiger partial charge in [0.2, 0.25) is 0 Å². The van der Waals surface area contributed by atoms with Gasteiger partial charge in [0, 0.05) is 11.6 Å². The van der Waals surface area contributed by atoms with E-state index in [1.54, 1.807) is 0 Å². The zero-order valence-electron chi connectivity index (χ0n) is 13.7. The number of halogens is 2. The summed E-state index contributed by atoms with van der Waals surface area (Å²) >= 11 is 5.87. The molecule has 0 saturated carbocycles. The Labute approximate surface area is 150 Å². The second kappa shape index (κ2) is 10.5. The van der Waals surface area contributed by atoms with Crippen LogP contribution in [0.4, 0.5) is 0 Å². The molecule has 4 heteroatoms. The second-order valence-electron chi connectivity index (χ2n) is 5.92. The van der Waals surface area contributed by atoms with E-state index in [9.17, 15) is 0 Å². The highest BCUT2D eigenvalue weighted by Gasteiger charge is 1.98. The van der Waals surface area contributed by atoms with Crippen LogP contribution in [0.2, 0.25) is 5.02 Å². The van der Waals surface area contributed by atoms with E-state index in [-0.39, 0.29) is 12.4 Å². The number of hydrogen-bond acceptors (Lipinski definition) is 2. The van der Waals surface area contributed by atoms with Crippen LogP contribution in [0.3, 0.4) is 0 Å². The quantitative estimate of drug-likeness (QED) is 0.634. The molecule has 0 radical (unpaired) electrons. The zero-order chi connectivity index (χ0) is 15.8. The maximum Gasteiger partial charge on any atom is 0.119 e. The highest BCUT2D eigenvalue weighted by atomic mass is 35.5. The van der Waals surface area contributed by atoms with Crippen molar-refractivity contribution in [1.29, 1.82) is 0 Å². The van der Waals surface area contributed by atoms with Gasteiger partial charge in [0.05, 0.1) is 0 Å². The second-order valence-corrected chi connectivity index (χ2v) is 6.35. The lowest BCUT2D eigenvalue weighted by Crippen LogP contribution is -2.16. The monoisotopic (exact) mass is 353 g/mol. The Hall–Kier alpha value is -1.22. The molecule has 0 unspecified atom stereocenters. The molecule has 0 fully saturated rings. The topological polar surface area (TPSA) is 21.3 Å². The highest BCUT2D eigenvalue weighted by molar-refractivity contribution is 6.30. The van der Waals surface area contributed by atoms with E-state index < -0.39 is 0 Å². The molecule has 2 rings (SSSR count). The fourth-order valence-electron chi connectivity index (χ4n) is 2.07. The van der Waals surface area contributed by atoms with E-state index in [2.05, 4.69) is 31.3 Å². The van der Waals surface area contributed by atoms with Crippen LogP contribution in [-0.4, -0.2) is 6.54 Å². The van der Waals surface area contributed by atoms with Crippen LogP contribution in [0.5, 0.6) is 5.75 Å². The summed E-state index contributed by atoms with van der Waals surface area (Å²) in [7, 11) is 0. The van der Waals surface area contributed by atoms with Gasteiger partial charge in [-0.15, -0.1) is 12.4 Å². The van der Waals surface area contributed by atoms with Crippen LogP contribution in [0.1, 0.15) is 31.4 Å². The summed E-state index contributed by atoms with van der Waals surface area (Å²) in [6.45, 7) is 7.02. The number of ether oxygens (including phenoxy) is 1. The van der Waals surface area contributed by atoms with E-state index in [4.69, 9.17) is 16.3 Å². The maximum atomic E-state index is 5.87. The Morgan fingerprint density at radius 1 is 0.957 bits per heavy atom. The zero-order valence-corrected chi connectivity index (χ0v) is 15.3. The predicted molar refractivity (Wildman–Crippen MR) is 101 cm³/mol. The molecule has 0 bridgehead atoms. The van der Waals surface area contributed by atoms with Gasteiger partial charge in [0.15, 0.2) is 0 Å². The van der Waals surface area contributed by atoms with Gasteiger partial charge in [-0.3, -0.25) is 0 Å². The summed E-state index contributed by atoms with van der Waals surface area (Å²) in [5.41, 5.74) is 2.39. The minimum atomic E-state index is 0. The first-order valence-corrected chi connectivity index (χ1v) is 8.18. The molecule has 0 amide bonds. The molecule has 2 aromatic carbocycles. The summed E-state index contributed by atoms with van der Waals surface area (Å²) in [6, 6.07) is 16.0. The molecule has 0 aliphatic carbocycles. The molecule has 0 aliphatic rings. The normalized spacial score (nSPS) is 10.4. The van der Waals surface area contributed by atoms with Crippen LogP contribution in [-0.2, 0) is 13.2 Å². The van der Waals surface area contributed by atoms with Crippen LogP contribution in [0, 0.1) is 5.92 Å². The predicted octanol–water partition coefficient (Wildman–Crippen LogP) is 5.48. The van der Waals surface area contributed by atoms with Crippen molar-refractivity contribution in [2.45, 2.75) is 33.4 Å². The maximum absolute atomic E-state index is 5.87. The van der Waals surface area contributed by atoms with Gasteiger partial charge in [-0.25, -0.2) is 0 Å². The summed E-state index contributed by atoms with van der Waals surface area (Å²) in [5, 5.41) is 4.21. The third-order valence-corrected chi connectivity index (χ3v) is 3.72. The van der Waals surface area contributed by atoms with Gasteiger partial charge >= 0.3 is 0 Å². The van der Waals surface area contributed by atoms with Gasteiger partial charge in [0.25, 0.3) is 0 Å². The molecule has 0 heterocycles. The third-order valence-electron chi connectivity index (χ3n) is 3.47. The molecule has 0 spiro atoms. The van der Waals surface area contributed by atoms with Crippen molar-refractivity contribution in [2.75, 3.05) is 6.54 Å². The van der Waals surface area contributed by atoms with E-state index in [0.717, 1.165) is 35.3 Å². The molecule has 2 nitrogen and oxygen atoms in total. The molecule has 1 N–H and O–H groups in total. The minimum absolute atomic E-state index is 0. The van der Waals surface area contributed by atoms with Crippen LogP contribution >= 0.6 is 24.0 Å². The van der Waals surface area contributed by atoms with Crippen molar-refractivity contribution in [3.8, 4) is 5.75 Å². The average molecular weight is 354 g/mol. The molecule has 23 heavy (non-hydrogen) atoms. The molecular formula is C19H25Cl2NO.